The summed E-state index contributed by atoms with van der Waals surface area (Å²) in [7, 11) is 0. The molecule has 0 saturated heterocycles. The minimum Gasteiger partial charge on any atom is -0.312 e. The molecule has 1 aromatic carbocycles. The molecule has 0 spiro atoms. The van der Waals surface area contributed by atoms with Crippen LogP contribution in [0, 0.1) is 0 Å². The molecular formula is C16H25N. The molecule has 0 bridgehead atoms. The van der Waals surface area contributed by atoms with Crippen LogP contribution in [0.15, 0.2) is 18.2 Å². The molecule has 0 aromatic heterocycles. The van der Waals surface area contributed by atoms with Crippen molar-refractivity contribution < 1.29 is 0 Å². The fourth-order valence-electron chi connectivity index (χ4n) is 2.90. The Kier molecular flexibility index (Phi) is 4.22. The summed E-state index contributed by atoms with van der Waals surface area (Å²) >= 11 is 0. The molecule has 0 aliphatic heterocycles. The predicted molar refractivity (Wildman–Crippen MR) is 74.5 cm³/mol. The topological polar surface area (TPSA) is 12.0 Å². The zero-order valence-electron chi connectivity index (χ0n) is 11.4. The maximum absolute atomic E-state index is 3.57. The molecule has 1 atom stereocenters. The van der Waals surface area contributed by atoms with Crippen LogP contribution >= 0.6 is 0 Å². The van der Waals surface area contributed by atoms with Crippen molar-refractivity contribution in [2.75, 3.05) is 0 Å². The predicted octanol–water partition coefficient (Wildman–Crippen LogP) is 3.49. The van der Waals surface area contributed by atoms with Gasteiger partial charge in [0.05, 0.1) is 0 Å². The summed E-state index contributed by atoms with van der Waals surface area (Å²) in [5.41, 5.74) is 4.68. The van der Waals surface area contributed by atoms with Gasteiger partial charge in [-0.25, -0.2) is 0 Å². The van der Waals surface area contributed by atoms with Gasteiger partial charge in [0, 0.05) is 12.1 Å². The Morgan fingerprint density at radius 3 is 2.47 bits per heavy atom. The van der Waals surface area contributed by atoms with Gasteiger partial charge in [-0.2, -0.15) is 0 Å². The molecule has 94 valence electrons. The summed E-state index contributed by atoms with van der Waals surface area (Å²) in [4.78, 5) is 0. The molecule has 1 heteroatoms. The zero-order chi connectivity index (χ0) is 12.3. The molecule has 1 N–H and O–H groups in total. The van der Waals surface area contributed by atoms with Crippen molar-refractivity contribution in [1.82, 2.24) is 5.32 Å². The van der Waals surface area contributed by atoms with Crippen LogP contribution in [-0.4, -0.2) is 12.1 Å². The minimum atomic E-state index is 0.566. The molecule has 1 nitrogen and oxygen atoms in total. The number of benzene rings is 1. The van der Waals surface area contributed by atoms with E-state index in [1.54, 1.807) is 11.1 Å². The first-order valence-corrected chi connectivity index (χ1v) is 7.02. The van der Waals surface area contributed by atoms with E-state index in [0.717, 1.165) is 6.42 Å². The Balaban J connectivity index is 2.01. The van der Waals surface area contributed by atoms with E-state index in [2.05, 4.69) is 44.3 Å². The lowest BCUT2D eigenvalue weighted by Gasteiger charge is -2.20. The average Bonchev–Trinajstić information content (AvgIpc) is 2.27. The van der Waals surface area contributed by atoms with Crippen LogP contribution in [-0.2, 0) is 19.3 Å². The second-order valence-electron chi connectivity index (χ2n) is 5.74. The lowest BCUT2D eigenvalue weighted by molar-refractivity contribution is 0.487. The highest BCUT2D eigenvalue weighted by molar-refractivity contribution is 5.34. The highest BCUT2D eigenvalue weighted by atomic mass is 14.9. The van der Waals surface area contributed by atoms with Crippen LogP contribution in [0.2, 0.25) is 0 Å². The van der Waals surface area contributed by atoms with Crippen molar-refractivity contribution in [2.45, 2.75) is 65.0 Å². The maximum atomic E-state index is 3.57. The van der Waals surface area contributed by atoms with Crippen LogP contribution in [0.4, 0.5) is 0 Å². The molecule has 17 heavy (non-hydrogen) atoms. The largest absolute Gasteiger partial charge is 0.312 e. The number of hydrogen-bond donors (Lipinski definition) is 1. The summed E-state index contributed by atoms with van der Waals surface area (Å²) in [6.07, 6.45) is 6.46. The summed E-state index contributed by atoms with van der Waals surface area (Å²) in [5, 5.41) is 3.57. The maximum Gasteiger partial charge on any atom is 0.00815 e. The first-order valence-electron chi connectivity index (χ1n) is 7.02. The Morgan fingerprint density at radius 1 is 1.06 bits per heavy atom. The number of fused-ring (bicyclic) bond motifs is 1. The van der Waals surface area contributed by atoms with E-state index in [1.165, 1.54) is 31.2 Å². The van der Waals surface area contributed by atoms with E-state index in [4.69, 9.17) is 0 Å². The van der Waals surface area contributed by atoms with Gasteiger partial charge in [-0.1, -0.05) is 32.0 Å². The van der Waals surface area contributed by atoms with Crippen LogP contribution in [0.5, 0.6) is 0 Å². The third kappa shape index (κ3) is 3.57. The van der Waals surface area contributed by atoms with Crippen molar-refractivity contribution in [3.8, 4) is 0 Å². The van der Waals surface area contributed by atoms with E-state index >= 15 is 0 Å². The average molecular weight is 231 g/mol. The van der Waals surface area contributed by atoms with E-state index in [-0.39, 0.29) is 0 Å². The van der Waals surface area contributed by atoms with Crippen LogP contribution in [0.1, 0.15) is 50.3 Å². The molecule has 0 heterocycles. The highest BCUT2D eigenvalue weighted by Crippen LogP contribution is 2.22. The Hall–Kier alpha value is -0.820. The molecular weight excluding hydrogens is 206 g/mol. The Labute approximate surface area is 106 Å². The Bertz CT molecular complexity index is 368. The van der Waals surface area contributed by atoms with E-state index in [1.807, 2.05) is 0 Å². The van der Waals surface area contributed by atoms with Gasteiger partial charge in [0.1, 0.15) is 0 Å². The summed E-state index contributed by atoms with van der Waals surface area (Å²) in [6.45, 7) is 6.70. The molecule has 1 aliphatic rings. The van der Waals surface area contributed by atoms with E-state index in [0.29, 0.717) is 12.1 Å². The fourth-order valence-corrected chi connectivity index (χ4v) is 2.90. The van der Waals surface area contributed by atoms with Gasteiger partial charge < -0.3 is 5.32 Å². The van der Waals surface area contributed by atoms with Crippen LogP contribution < -0.4 is 5.32 Å². The van der Waals surface area contributed by atoms with E-state index in [9.17, 15) is 0 Å². The van der Waals surface area contributed by atoms with Crippen molar-refractivity contribution in [1.29, 1.82) is 0 Å². The molecule has 1 aliphatic carbocycles. The van der Waals surface area contributed by atoms with Gasteiger partial charge in [0.2, 0.25) is 0 Å². The van der Waals surface area contributed by atoms with Crippen molar-refractivity contribution in [2.24, 2.45) is 0 Å². The third-order valence-corrected chi connectivity index (χ3v) is 3.57. The van der Waals surface area contributed by atoms with Gasteiger partial charge in [-0.15, -0.1) is 0 Å². The number of nitrogens with one attached hydrogen (secondary N) is 1. The number of aryl methyl sites for hydroxylation is 2. The summed E-state index contributed by atoms with van der Waals surface area (Å²) < 4.78 is 0. The standard InChI is InChI=1S/C16H25N/c1-12(2)17-13(3)10-14-8-9-15-6-4-5-7-16(15)11-14/h8-9,11-13,17H,4-7,10H2,1-3H3. The SMILES string of the molecule is CC(C)NC(C)Cc1ccc2c(c1)CCCC2. The Morgan fingerprint density at radius 2 is 1.76 bits per heavy atom. The van der Waals surface area contributed by atoms with Gasteiger partial charge in [-0.05, 0) is 55.7 Å². The van der Waals surface area contributed by atoms with Gasteiger partial charge in [0.25, 0.3) is 0 Å². The molecule has 0 radical (unpaired) electrons. The quantitative estimate of drug-likeness (QED) is 0.836. The molecule has 1 aromatic rings. The van der Waals surface area contributed by atoms with E-state index < -0.39 is 0 Å². The third-order valence-electron chi connectivity index (χ3n) is 3.57. The van der Waals surface area contributed by atoms with Crippen LogP contribution in [0.3, 0.4) is 0 Å². The number of rotatable bonds is 4. The van der Waals surface area contributed by atoms with Gasteiger partial charge in [-0.3, -0.25) is 0 Å². The summed E-state index contributed by atoms with van der Waals surface area (Å²) in [6, 6.07) is 8.25. The number of hydrogen-bond acceptors (Lipinski definition) is 1. The minimum absolute atomic E-state index is 0.566. The lowest BCUT2D eigenvalue weighted by atomic mass is 9.89. The molecule has 0 fully saturated rings. The fraction of sp³-hybridized carbons (Fsp3) is 0.625. The van der Waals surface area contributed by atoms with Gasteiger partial charge >= 0.3 is 0 Å². The smallest absolute Gasteiger partial charge is 0.00815 e. The summed E-state index contributed by atoms with van der Waals surface area (Å²) in [5.74, 6) is 0. The van der Waals surface area contributed by atoms with Crippen molar-refractivity contribution >= 4 is 0 Å². The van der Waals surface area contributed by atoms with Gasteiger partial charge in [0.15, 0.2) is 0 Å². The highest BCUT2D eigenvalue weighted by Gasteiger charge is 2.11. The lowest BCUT2D eigenvalue weighted by Crippen LogP contribution is -2.33. The molecule has 0 saturated carbocycles. The van der Waals surface area contributed by atoms with Crippen molar-refractivity contribution in [3.63, 3.8) is 0 Å². The van der Waals surface area contributed by atoms with Crippen molar-refractivity contribution in [3.05, 3.63) is 34.9 Å². The van der Waals surface area contributed by atoms with Crippen LogP contribution in [0.25, 0.3) is 0 Å². The molecule has 0 amide bonds. The second-order valence-corrected chi connectivity index (χ2v) is 5.74. The molecule has 2 rings (SSSR count). The normalized spacial score (nSPS) is 16.9. The first-order chi connectivity index (χ1) is 8.15. The zero-order valence-corrected chi connectivity index (χ0v) is 11.4. The first kappa shape index (κ1) is 12.6. The monoisotopic (exact) mass is 231 g/mol. The molecule has 1 unspecified atom stereocenters. The second kappa shape index (κ2) is 5.68.